The molecule has 2 unspecified atom stereocenters. The van der Waals surface area contributed by atoms with Gasteiger partial charge in [0.2, 0.25) is 0 Å². The fourth-order valence-corrected chi connectivity index (χ4v) is 1.99. The standard InChI is InChI=1S/C17H28O9/c1-5-8-12(15(20)25-11-14(19)24-7-3)26-16(21)17(22,6-2)10-9-13(18)23-4/h12,22H,5-11H2,1-4H3. The number of aliphatic hydroxyl groups is 1. The minimum absolute atomic E-state index is 0.0143. The quantitative estimate of drug-likeness (QED) is 0.390. The van der Waals surface area contributed by atoms with E-state index in [1.165, 1.54) is 7.11 Å². The molecule has 0 heterocycles. The van der Waals surface area contributed by atoms with E-state index in [0.29, 0.717) is 6.42 Å². The zero-order valence-electron chi connectivity index (χ0n) is 15.7. The Hall–Kier alpha value is -2.16. The zero-order valence-corrected chi connectivity index (χ0v) is 15.7. The topological polar surface area (TPSA) is 125 Å². The molecule has 0 aliphatic rings. The van der Waals surface area contributed by atoms with Crippen molar-refractivity contribution in [3.63, 3.8) is 0 Å². The number of hydrogen-bond acceptors (Lipinski definition) is 9. The molecule has 0 radical (unpaired) electrons. The van der Waals surface area contributed by atoms with Crippen LogP contribution in [0.15, 0.2) is 0 Å². The largest absolute Gasteiger partial charge is 0.469 e. The van der Waals surface area contributed by atoms with E-state index in [4.69, 9.17) is 9.47 Å². The molecule has 150 valence electrons. The van der Waals surface area contributed by atoms with Gasteiger partial charge in [0.1, 0.15) is 0 Å². The smallest absolute Gasteiger partial charge is 0.348 e. The molecule has 0 saturated carbocycles. The maximum absolute atomic E-state index is 12.3. The van der Waals surface area contributed by atoms with Crippen LogP contribution in [-0.2, 0) is 38.1 Å². The Morgan fingerprint density at radius 1 is 1.04 bits per heavy atom. The maximum Gasteiger partial charge on any atom is 0.348 e. The Morgan fingerprint density at radius 2 is 1.69 bits per heavy atom. The molecule has 0 aliphatic carbocycles. The summed E-state index contributed by atoms with van der Waals surface area (Å²) < 4.78 is 19.0. The Kier molecular flexibility index (Phi) is 11.2. The van der Waals surface area contributed by atoms with Gasteiger partial charge in [-0.15, -0.1) is 0 Å². The minimum Gasteiger partial charge on any atom is -0.469 e. The molecule has 0 fully saturated rings. The van der Waals surface area contributed by atoms with Crippen LogP contribution in [0.3, 0.4) is 0 Å². The summed E-state index contributed by atoms with van der Waals surface area (Å²) in [6.45, 7) is 4.48. The second-order valence-corrected chi connectivity index (χ2v) is 5.56. The molecule has 0 aliphatic heterocycles. The Labute approximate surface area is 152 Å². The van der Waals surface area contributed by atoms with Crippen molar-refractivity contribution in [2.45, 2.75) is 64.6 Å². The Bertz CT molecular complexity index is 489. The molecule has 0 amide bonds. The van der Waals surface area contributed by atoms with Crippen LogP contribution in [0.2, 0.25) is 0 Å². The first kappa shape index (κ1) is 23.8. The normalized spacial score (nSPS) is 13.9. The fourth-order valence-electron chi connectivity index (χ4n) is 1.99. The summed E-state index contributed by atoms with van der Waals surface area (Å²) >= 11 is 0. The van der Waals surface area contributed by atoms with Gasteiger partial charge in [0.05, 0.1) is 13.7 Å². The summed E-state index contributed by atoms with van der Waals surface area (Å²) in [6, 6.07) is 0. The van der Waals surface area contributed by atoms with Gasteiger partial charge in [-0.25, -0.2) is 14.4 Å². The van der Waals surface area contributed by atoms with E-state index >= 15 is 0 Å². The number of hydrogen-bond donors (Lipinski definition) is 1. The van der Waals surface area contributed by atoms with Crippen molar-refractivity contribution in [3.8, 4) is 0 Å². The van der Waals surface area contributed by atoms with Gasteiger partial charge in [0.25, 0.3) is 0 Å². The average molecular weight is 376 g/mol. The molecule has 26 heavy (non-hydrogen) atoms. The predicted molar refractivity (Wildman–Crippen MR) is 88.9 cm³/mol. The van der Waals surface area contributed by atoms with Crippen LogP contribution in [0, 0.1) is 0 Å². The number of rotatable bonds is 12. The summed E-state index contributed by atoms with van der Waals surface area (Å²) in [5, 5.41) is 10.4. The summed E-state index contributed by atoms with van der Waals surface area (Å²) in [5.41, 5.74) is -1.93. The third-order valence-electron chi connectivity index (χ3n) is 3.64. The van der Waals surface area contributed by atoms with Crippen LogP contribution >= 0.6 is 0 Å². The number of ether oxygens (including phenoxy) is 4. The molecule has 0 saturated heterocycles. The van der Waals surface area contributed by atoms with Gasteiger partial charge in [0, 0.05) is 6.42 Å². The zero-order chi connectivity index (χ0) is 20.2. The van der Waals surface area contributed by atoms with E-state index in [1.54, 1.807) is 20.8 Å². The first-order valence-electron chi connectivity index (χ1n) is 8.56. The van der Waals surface area contributed by atoms with Crippen LogP contribution in [0.4, 0.5) is 0 Å². The lowest BCUT2D eigenvalue weighted by Gasteiger charge is -2.26. The molecule has 9 heteroatoms. The fraction of sp³-hybridized carbons (Fsp3) is 0.765. The van der Waals surface area contributed by atoms with Crippen LogP contribution in [-0.4, -0.2) is 61.0 Å². The molecule has 2 atom stereocenters. The molecule has 9 nitrogen and oxygen atoms in total. The molecule has 0 rings (SSSR count). The summed E-state index contributed by atoms with van der Waals surface area (Å²) in [5.74, 6) is -3.23. The highest BCUT2D eigenvalue weighted by Crippen LogP contribution is 2.21. The molecular formula is C17H28O9. The minimum atomic E-state index is -1.93. The average Bonchev–Trinajstić information content (AvgIpc) is 2.63. The summed E-state index contributed by atoms with van der Waals surface area (Å²) in [4.78, 5) is 46.8. The van der Waals surface area contributed by atoms with Crippen molar-refractivity contribution in [1.82, 2.24) is 0 Å². The van der Waals surface area contributed by atoms with Crippen LogP contribution in [0.25, 0.3) is 0 Å². The van der Waals surface area contributed by atoms with Crippen molar-refractivity contribution < 1.29 is 43.2 Å². The van der Waals surface area contributed by atoms with E-state index in [9.17, 15) is 24.3 Å². The first-order chi connectivity index (χ1) is 12.2. The van der Waals surface area contributed by atoms with Crippen LogP contribution in [0.5, 0.6) is 0 Å². The van der Waals surface area contributed by atoms with E-state index in [-0.39, 0.29) is 32.3 Å². The highest BCUT2D eigenvalue weighted by Gasteiger charge is 2.39. The molecule has 1 N–H and O–H groups in total. The second kappa shape index (κ2) is 12.2. The van der Waals surface area contributed by atoms with Crippen molar-refractivity contribution >= 4 is 23.9 Å². The van der Waals surface area contributed by atoms with Gasteiger partial charge in [-0.1, -0.05) is 20.3 Å². The number of methoxy groups -OCH3 is 1. The van der Waals surface area contributed by atoms with Crippen molar-refractivity contribution in [1.29, 1.82) is 0 Å². The van der Waals surface area contributed by atoms with Gasteiger partial charge < -0.3 is 24.1 Å². The first-order valence-corrected chi connectivity index (χ1v) is 8.56. The van der Waals surface area contributed by atoms with Crippen molar-refractivity contribution in [2.75, 3.05) is 20.3 Å². The second-order valence-electron chi connectivity index (χ2n) is 5.56. The van der Waals surface area contributed by atoms with Crippen molar-refractivity contribution in [2.24, 2.45) is 0 Å². The van der Waals surface area contributed by atoms with E-state index in [1.807, 2.05) is 0 Å². The van der Waals surface area contributed by atoms with Gasteiger partial charge >= 0.3 is 23.9 Å². The molecule has 0 aromatic heterocycles. The van der Waals surface area contributed by atoms with Gasteiger partial charge in [-0.3, -0.25) is 4.79 Å². The molecule has 0 bridgehead atoms. The summed E-state index contributed by atoms with van der Waals surface area (Å²) in [7, 11) is 1.20. The van der Waals surface area contributed by atoms with Crippen LogP contribution < -0.4 is 0 Å². The SMILES string of the molecule is CCCC(OC(=O)C(O)(CC)CCC(=O)OC)C(=O)OCC(=O)OCC. The molecule has 0 aromatic rings. The third-order valence-corrected chi connectivity index (χ3v) is 3.64. The van der Waals surface area contributed by atoms with E-state index in [0.717, 1.165) is 0 Å². The van der Waals surface area contributed by atoms with E-state index in [2.05, 4.69) is 9.47 Å². The summed E-state index contributed by atoms with van der Waals surface area (Å²) in [6.07, 6.45) is -1.01. The lowest BCUT2D eigenvalue weighted by atomic mass is 9.94. The lowest BCUT2D eigenvalue weighted by Crippen LogP contribution is -2.43. The maximum atomic E-state index is 12.3. The van der Waals surface area contributed by atoms with Crippen molar-refractivity contribution in [3.05, 3.63) is 0 Å². The van der Waals surface area contributed by atoms with Gasteiger partial charge in [0.15, 0.2) is 18.3 Å². The number of carbonyl (C=O) groups is 4. The predicted octanol–water partition coefficient (Wildman–Crippen LogP) is 0.899. The molecule has 0 spiro atoms. The Morgan fingerprint density at radius 3 is 2.19 bits per heavy atom. The highest BCUT2D eigenvalue weighted by atomic mass is 16.6. The number of carbonyl (C=O) groups excluding carboxylic acids is 4. The van der Waals surface area contributed by atoms with Crippen LogP contribution in [0.1, 0.15) is 52.9 Å². The molecular weight excluding hydrogens is 348 g/mol. The number of esters is 4. The van der Waals surface area contributed by atoms with E-state index < -0.39 is 42.2 Å². The monoisotopic (exact) mass is 376 g/mol. The van der Waals surface area contributed by atoms with Gasteiger partial charge in [-0.05, 0) is 26.2 Å². The molecule has 0 aromatic carbocycles. The third kappa shape index (κ3) is 8.28. The Balaban J connectivity index is 4.87. The highest BCUT2D eigenvalue weighted by molar-refractivity contribution is 5.85. The van der Waals surface area contributed by atoms with Gasteiger partial charge in [-0.2, -0.15) is 0 Å². The lowest BCUT2D eigenvalue weighted by molar-refractivity contribution is -0.184.